The summed E-state index contributed by atoms with van der Waals surface area (Å²) < 4.78 is 30.8. The molecule has 1 saturated carbocycles. The van der Waals surface area contributed by atoms with Crippen LogP contribution in [0.2, 0.25) is 0 Å². The second kappa shape index (κ2) is 10.1. The third-order valence-electron chi connectivity index (χ3n) is 8.03. The van der Waals surface area contributed by atoms with E-state index in [1.165, 1.54) is 25.6 Å². The van der Waals surface area contributed by atoms with Crippen LogP contribution in [0.15, 0.2) is 65.4 Å². The summed E-state index contributed by atoms with van der Waals surface area (Å²) in [5, 5.41) is 5.90. The molecule has 2 atom stereocenters. The summed E-state index contributed by atoms with van der Waals surface area (Å²) in [6, 6.07) is 15.3. The van der Waals surface area contributed by atoms with Crippen LogP contribution in [0.4, 0.5) is 4.39 Å². The number of carbonyl (C=O) groups excluding carboxylic acids is 2. The quantitative estimate of drug-likeness (QED) is 0.313. The van der Waals surface area contributed by atoms with E-state index in [4.69, 9.17) is 13.9 Å². The van der Waals surface area contributed by atoms with Crippen LogP contribution in [0, 0.1) is 19.7 Å². The highest BCUT2D eigenvalue weighted by molar-refractivity contribution is 5.99. The smallest absolute Gasteiger partial charge is 0.255 e. The van der Waals surface area contributed by atoms with E-state index < -0.39 is 17.6 Å². The Morgan fingerprint density at radius 3 is 2.46 bits per heavy atom. The summed E-state index contributed by atoms with van der Waals surface area (Å²) in [4.78, 5) is 31.0. The average Bonchev–Trinajstić information content (AvgIpc) is 3.43. The minimum Gasteiger partial charge on any atom is -0.496 e. The number of aryl methyl sites for hydroxylation is 2. The van der Waals surface area contributed by atoms with E-state index in [1.54, 1.807) is 19.2 Å². The van der Waals surface area contributed by atoms with Gasteiger partial charge in [0.2, 0.25) is 5.91 Å². The Labute approximate surface area is 236 Å². The van der Waals surface area contributed by atoms with Crippen molar-refractivity contribution in [2.45, 2.75) is 44.2 Å². The van der Waals surface area contributed by atoms with Crippen LogP contribution < -0.4 is 20.1 Å². The van der Waals surface area contributed by atoms with Crippen LogP contribution in [0.5, 0.6) is 11.5 Å². The van der Waals surface area contributed by atoms with Crippen LogP contribution >= 0.6 is 0 Å². The zero-order valence-corrected chi connectivity index (χ0v) is 23.2. The number of amides is 2. The van der Waals surface area contributed by atoms with Gasteiger partial charge in [-0.15, -0.1) is 0 Å². The molecule has 4 aromatic rings. The van der Waals surface area contributed by atoms with Gasteiger partial charge in [-0.1, -0.05) is 18.2 Å². The third kappa shape index (κ3) is 4.61. The van der Waals surface area contributed by atoms with Crippen molar-refractivity contribution in [2.75, 3.05) is 14.2 Å². The first-order chi connectivity index (χ1) is 19.7. The molecule has 9 heteroatoms. The number of carbonyl (C=O) groups is 2. The van der Waals surface area contributed by atoms with Gasteiger partial charge in [0.25, 0.3) is 5.91 Å². The molecule has 1 fully saturated rings. The van der Waals surface area contributed by atoms with Crippen molar-refractivity contribution >= 4 is 11.8 Å². The summed E-state index contributed by atoms with van der Waals surface area (Å²) in [7, 11) is 3.12. The lowest BCUT2D eigenvalue weighted by Crippen LogP contribution is -2.35. The van der Waals surface area contributed by atoms with E-state index in [-0.39, 0.29) is 17.6 Å². The molecular weight excluding hydrogens is 525 g/mol. The van der Waals surface area contributed by atoms with Crippen LogP contribution in [0.1, 0.15) is 63.4 Å². The van der Waals surface area contributed by atoms with Gasteiger partial charge in [0.15, 0.2) is 6.39 Å². The number of hydrogen-bond acceptors (Lipinski definition) is 6. The Balaban J connectivity index is 1.37. The predicted molar refractivity (Wildman–Crippen MR) is 149 cm³/mol. The van der Waals surface area contributed by atoms with E-state index in [1.807, 2.05) is 44.2 Å². The van der Waals surface area contributed by atoms with E-state index >= 15 is 0 Å². The van der Waals surface area contributed by atoms with Crippen LogP contribution in [-0.2, 0) is 10.3 Å². The highest BCUT2D eigenvalue weighted by Crippen LogP contribution is 2.49. The lowest BCUT2D eigenvalue weighted by atomic mass is 9.88. The number of halogens is 1. The summed E-state index contributed by atoms with van der Waals surface area (Å²) in [5.41, 5.74) is 4.55. The molecule has 41 heavy (non-hydrogen) atoms. The number of ether oxygens (including phenoxy) is 2. The summed E-state index contributed by atoms with van der Waals surface area (Å²) >= 11 is 0. The van der Waals surface area contributed by atoms with Gasteiger partial charge in [-0.3, -0.25) is 9.59 Å². The van der Waals surface area contributed by atoms with Crippen LogP contribution in [-0.4, -0.2) is 31.0 Å². The van der Waals surface area contributed by atoms with Crippen molar-refractivity contribution in [1.29, 1.82) is 0 Å². The number of nitrogens with zero attached hydrogens (tertiary/aromatic N) is 1. The van der Waals surface area contributed by atoms with E-state index in [9.17, 15) is 14.0 Å². The Bertz CT molecular complexity index is 1660. The molecule has 0 radical (unpaired) electrons. The number of methoxy groups -OCH3 is 1. The summed E-state index contributed by atoms with van der Waals surface area (Å²) in [6.45, 7) is 3.78. The normalized spacial score (nSPS) is 18.3. The fraction of sp³-hybridized carbons (Fsp3) is 0.281. The maximum atomic E-state index is 13.6. The Morgan fingerprint density at radius 2 is 1.83 bits per heavy atom. The van der Waals surface area contributed by atoms with Gasteiger partial charge in [-0.05, 0) is 85.3 Å². The maximum absolute atomic E-state index is 13.6. The molecule has 6 rings (SSSR count). The van der Waals surface area contributed by atoms with Crippen molar-refractivity contribution in [3.63, 3.8) is 0 Å². The highest BCUT2D eigenvalue weighted by Gasteiger charge is 2.49. The largest absolute Gasteiger partial charge is 0.496 e. The number of nitrogens with one attached hydrogen (secondary N) is 2. The number of benzene rings is 3. The molecule has 2 aliphatic rings. The topological polar surface area (TPSA) is 103 Å². The van der Waals surface area contributed by atoms with Crippen molar-refractivity contribution in [3.8, 4) is 22.6 Å². The van der Waals surface area contributed by atoms with Gasteiger partial charge in [0, 0.05) is 12.6 Å². The molecule has 2 N–H and O–H groups in total. The standard InChI is InChI=1S/C32H30FN3O5/c1-17-13-26(39-4)24(30(37)36-32(11-12-32)29-18(2)40-16-35-29)15-22(17)20-7-10-25-23(14-20)27(31(38)34-3)28(41-25)19-5-8-21(33)9-6-19/h5-10,13-16,27-28H,11-12H2,1-4H3,(H,34,38)(H,36,37). The van der Waals surface area contributed by atoms with Gasteiger partial charge < -0.3 is 24.5 Å². The number of hydrogen-bond donors (Lipinski definition) is 2. The summed E-state index contributed by atoms with van der Waals surface area (Å²) in [5.74, 6) is 0.250. The third-order valence-corrected chi connectivity index (χ3v) is 8.03. The highest BCUT2D eigenvalue weighted by atomic mass is 19.1. The van der Waals surface area contributed by atoms with Crippen molar-refractivity contribution in [2.24, 2.45) is 0 Å². The molecule has 2 unspecified atom stereocenters. The maximum Gasteiger partial charge on any atom is 0.255 e. The Hall–Kier alpha value is -4.66. The lowest BCUT2D eigenvalue weighted by Gasteiger charge is -2.19. The number of likely N-dealkylation sites (N-methyl/N-ethyl adjacent to an activating group) is 1. The lowest BCUT2D eigenvalue weighted by molar-refractivity contribution is -0.123. The number of aromatic nitrogens is 1. The average molecular weight is 556 g/mol. The SMILES string of the molecule is CNC(=O)C1c2cc(-c3cc(C(=O)NC4(c5ncoc5C)CC4)c(OC)cc3C)ccc2OC1c1ccc(F)cc1. The first-order valence-corrected chi connectivity index (χ1v) is 13.4. The van der Waals surface area contributed by atoms with E-state index in [0.29, 0.717) is 28.4 Å². The second-order valence-corrected chi connectivity index (χ2v) is 10.6. The monoisotopic (exact) mass is 555 g/mol. The van der Waals surface area contributed by atoms with Crippen LogP contribution in [0.25, 0.3) is 11.1 Å². The second-order valence-electron chi connectivity index (χ2n) is 10.6. The zero-order valence-electron chi connectivity index (χ0n) is 23.2. The summed E-state index contributed by atoms with van der Waals surface area (Å²) in [6.07, 6.45) is 2.34. The molecule has 1 aliphatic heterocycles. The first kappa shape index (κ1) is 26.6. The molecule has 8 nitrogen and oxygen atoms in total. The molecule has 1 aliphatic carbocycles. The zero-order chi connectivity index (χ0) is 28.9. The minimum atomic E-state index is -0.637. The molecule has 0 bridgehead atoms. The fourth-order valence-corrected chi connectivity index (χ4v) is 5.72. The molecule has 3 aromatic carbocycles. The molecule has 2 amide bonds. The van der Waals surface area contributed by atoms with Gasteiger partial charge >= 0.3 is 0 Å². The van der Waals surface area contributed by atoms with Gasteiger partial charge in [0.1, 0.15) is 40.8 Å². The number of fused-ring (bicyclic) bond motifs is 1. The van der Waals surface area contributed by atoms with E-state index in [2.05, 4.69) is 15.6 Å². The van der Waals surface area contributed by atoms with Crippen LogP contribution in [0.3, 0.4) is 0 Å². The van der Waals surface area contributed by atoms with Crippen molar-refractivity contribution in [3.05, 3.63) is 101 Å². The molecule has 210 valence electrons. The van der Waals surface area contributed by atoms with E-state index in [0.717, 1.165) is 40.8 Å². The van der Waals surface area contributed by atoms with Crippen molar-refractivity contribution < 1.29 is 27.9 Å². The molecular formula is C32H30FN3O5. The molecule has 2 heterocycles. The fourth-order valence-electron chi connectivity index (χ4n) is 5.72. The van der Waals surface area contributed by atoms with Gasteiger partial charge in [-0.25, -0.2) is 9.37 Å². The molecule has 0 spiro atoms. The van der Waals surface area contributed by atoms with Crippen molar-refractivity contribution in [1.82, 2.24) is 15.6 Å². The number of rotatable bonds is 7. The molecule has 1 aromatic heterocycles. The minimum absolute atomic E-state index is 0.209. The Morgan fingerprint density at radius 1 is 1.07 bits per heavy atom. The number of oxazole rings is 1. The first-order valence-electron chi connectivity index (χ1n) is 13.4. The predicted octanol–water partition coefficient (Wildman–Crippen LogP) is 5.49. The molecule has 0 saturated heterocycles. The Kier molecular flexibility index (Phi) is 6.52. The van der Waals surface area contributed by atoms with Gasteiger partial charge in [0.05, 0.1) is 18.2 Å². The van der Waals surface area contributed by atoms with Gasteiger partial charge in [-0.2, -0.15) is 0 Å².